The van der Waals surface area contributed by atoms with Crippen LogP contribution in [0.15, 0.2) is 69.5 Å². The summed E-state index contributed by atoms with van der Waals surface area (Å²) in [6.07, 6.45) is 0. The van der Waals surface area contributed by atoms with E-state index in [-0.39, 0.29) is 22.2 Å². The summed E-state index contributed by atoms with van der Waals surface area (Å²) in [6, 6.07) is 26.8. The Bertz CT molecular complexity index is 2110. The summed E-state index contributed by atoms with van der Waals surface area (Å²) >= 11 is 0. The number of oxazole rings is 2. The molecule has 6 aromatic rings. The summed E-state index contributed by atoms with van der Waals surface area (Å²) in [4.78, 5) is 9.02. The molecule has 8 nitrogen and oxygen atoms in total. The second-order valence-corrected chi connectivity index (χ2v) is 9.26. The van der Waals surface area contributed by atoms with Crippen molar-refractivity contribution >= 4 is 44.1 Å². The number of rotatable bonds is 2. The number of hydrogen-bond donors (Lipinski definition) is 0. The maximum Gasteiger partial charge on any atom is 0.249 e. The van der Waals surface area contributed by atoms with Gasteiger partial charge < -0.3 is 8.83 Å². The summed E-state index contributed by atoms with van der Waals surface area (Å²) in [5.41, 5.74) is 6.35. The molecule has 0 radical (unpaired) electrons. The Kier molecular flexibility index (Phi) is 5.59. The molecule has 0 atom stereocenters. The fourth-order valence-corrected chi connectivity index (χ4v) is 4.77. The molecule has 40 heavy (non-hydrogen) atoms. The van der Waals surface area contributed by atoms with Crippen LogP contribution in [0.2, 0.25) is 0 Å². The minimum absolute atomic E-state index is 0.0630. The molecule has 0 N–H and O–H groups in total. The molecule has 8 heteroatoms. The zero-order valence-electron chi connectivity index (χ0n) is 21.3. The van der Waals surface area contributed by atoms with Crippen LogP contribution in [0.5, 0.6) is 0 Å². The molecule has 6 rings (SSSR count). The quantitative estimate of drug-likeness (QED) is 0.294. The fourth-order valence-electron chi connectivity index (χ4n) is 4.77. The SMILES string of the molecule is Cc1ccc(-c2c3cc4nc(=C(C#N)C#N)oc4c(-c4ccc(C)cc4)c3cc3nc(=C(C#N)C#N)oc23)cc1. The van der Waals surface area contributed by atoms with Gasteiger partial charge in [0.15, 0.2) is 22.3 Å². The highest BCUT2D eigenvalue weighted by atomic mass is 16.3. The van der Waals surface area contributed by atoms with Crippen LogP contribution in [0.3, 0.4) is 0 Å². The monoisotopic (exact) mass is 516 g/mol. The minimum Gasteiger partial charge on any atom is -0.434 e. The molecule has 0 bridgehead atoms. The van der Waals surface area contributed by atoms with E-state index in [4.69, 9.17) is 8.83 Å². The zero-order chi connectivity index (χ0) is 28.0. The number of benzene rings is 4. The lowest BCUT2D eigenvalue weighted by atomic mass is 9.91. The van der Waals surface area contributed by atoms with Gasteiger partial charge in [0.05, 0.1) is 0 Å². The molecule has 0 unspecified atom stereocenters. The van der Waals surface area contributed by atoms with E-state index in [9.17, 15) is 21.0 Å². The van der Waals surface area contributed by atoms with Gasteiger partial charge in [-0.15, -0.1) is 0 Å². The van der Waals surface area contributed by atoms with E-state index in [1.165, 1.54) is 0 Å². The molecule has 0 aliphatic rings. The van der Waals surface area contributed by atoms with Crippen molar-refractivity contribution in [3.63, 3.8) is 0 Å². The van der Waals surface area contributed by atoms with E-state index in [1.54, 1.807) is 0 Å². The van der Waals surface area contributed by atoms with Gasteiger partial charge in [0.1, 0.15) is 35.3 Å². The van der Waals surface area contributed by atoms with Gasteiger partial charge in [-0.05, 0) is 47.9 Å². The number of aryl methyl sites for hydroxylation is 2. The average Bonchev–Trinajstić information content (AvgIpc) is 3.57. The predicted octanol–water partition coefficient (Wildman–Crippen LogP) is 5.47. The molecule has 4 aromatic carbocycles. The van der Waals surface area contributed by atoms with Gasteiger partial charge in [0.25, 0.3) is 0 Å². The van der Waals surface area contributed by atoms with Crippen molar-refractivity contribution < 1.29 is 8.83 Å². The van der Waals surface area contributed by atoms with Gasteiger partial charge in [0.2, 0.25) is 11.1 Å². The van der Waals surface area contributed by atoms with E-state index in [0.29, 0.717) is 33.3 Å². The van der Waals surface area contributed by atoms with Crippen molar-refractivity contribution in [1.29, 1.82) is 21.0 Å². The zero-order valence-corrected chi connectivity index (χ0v) is 21.3. The number of nitrogens with zero attached hydrogens (tertiary/aromatic N) is 6. The Balaban J connectivity index is 1.90. The van der Waals surface area contributed by atoms with E-state index >= 15 is 0 Å². The Morgan fingerprint density at radius 2 is 0.925 bits per heavy atom. The van der Waals surface area contributed by atoms with Gasteiger partial charge in [-0.3, -0.25) is 0 Å². The predicted molar refractivity (Wildman–Crippen MR) is 148 cm³/mol. The fraction of sp³-hybridized carbons (Fsp3) is 0.0625. The first kappa shape index (κ1) is 24.1. The standard InChI is InChI=1S/C32H16N6O2/c1-17-3-7-19(8-4-17)27-23-11-26-30(40-32(38-26)22(15-35)16-36)28(20-9-5-18(2)6-10-20)24(23)12-25-29(27)39-31(37-25)21(13-33)14-34/h3-12H,1-2H3. The molecule has 0 aliphatic heterocycles. The molecule has 2 aromatic heterocycles. The third-order valence-electron chi connectivity index (χ3n) is 6.71. The van der Waals surface area contributed by atoms with Crippen molar-refractivity contribution in [2.24, 2.45) is 0 Å². The van der Waals surface area contributed by atoms with Crippen molar-refractivity contribution in [2.45, 2.75) is 13.8 Å². The highest BCUT2D eigenvalue weighted by molar-refractivity contribution is 6.19. The maximum absolute atomic E-state index is 9.46. The van der Waals surface area contributed by atoms with Crippen molar-refractivity contribution in [1.82, 2.24) is 9.97 Å². The van der Waals surface area contributed by atoms with Crippen LogP contribution < -0.4 is 11.1 Å². The molecule has 186 valence electrons. The molecular formula is C32H16N6O2. The van der Waals surface area contributed by atoms with E-state index < -0.39 is 0 Å². The van der Waals surface area contributed by atoms with Gasteiger partial charge in [-0.1, -0.05) is 59.7 Å². The molecule has 0 spiro atoms. The van der Waals surface area contributed by atoms with Crippen LogP contribution >= 0.6 is 0 Å². The van der Waals surface area contributed by atoms with Crippen LogP contribution in [0.1, 0.15) is 11.1 Å². The van der Waals surface area contributed by atoms with Gasteiger partial charge in [0, 0.05) is 11.1 Å². The van der Waals surface area contributed by atoms with Crippen LogP contribution in [0.25, 0.3) is 66.4 Å². The van der Waals surface area contributed by atoms with Crippen molar-refractivity contribution in [3.8, 4) is 46.5 Å². The van der Waals surface area contributed by atoms with Crippen LogP contribution in [-0.4, -0.2) is 9.97 Å². The molecule has 0 saturated carbocycles. The summed E-state index contributed by atoms with van der Waals surface area (Å²) in [5.74, 6) is 0. The third kappa shape index (κ3) is 3.74. The summed E-state index contributed by atoms with van der Waals surface area (Å²) < 4.78 is 12.1. The third-order valence-corrected chi connectivity index (χ3v) is 6.71. The van der Waals surface area contributed by atoms with Gasteiger partial charge >= 0.3 is 0 Å². The first-order valence-electron chi connectivity index (χ1n) is 12.2. The van der Waals surface area contributed by atoms with E-state index in [2.05, 4.69) is 9.97 Å². The van der Waals surface area contributed by atoms with Gasteiger partial charge in [-0.2, -0.15) is 21.0 Å². The Hall–Kier alpha value is -6.22. The molecule has 2 heterocycles. The van der Waals surface area contributed by atoms with Crippen LogP contribution in [0.4, 0.5) is 0 Å². The minimum atomic E-state index is -0.231. The van der Waals surface area contributed by atoms with Crippen LogP contribution in [0, 0.1) is 59.2 Å². The Labute approximate surface area is 227 Å². The lowest BCUT2D eigenvalue weighted by Gasteiger charge is -2.13. The highest BCUT2D eigenvalue weighted by Gasteiger charge is 2.22. The first-order chi connectivity index (χ1) is 19.4. The number of fused-ring (bicyclic) bond motifs is 3. The Morgan fingerprint density at radius 3 is 1.25 bits per heavy atom. The van der Waals surface area contributed by atoms with Crippen LogP contribution in [-0.2, 0) is 0 Å². The summed E-state index contributed by atoms with van der Waals surface area (Å²) in [6.45, 7) is 3.98. The lowest BCUT2D eigenvalue weighted by Crippen LogP contribution is -2.03. The molecule has 0 saturated heterocycles. The highest BCUT2D eigenvalue weighted by Crippen LogP contribution is 2.43. The number of nitriles is 4. The summed E-state index contributed by atoms with van der Waals surface area (Å²) in [5, 5.41) is 39.4. The maximum atomic E-state index is 9.46. The lowest BCUT2D eigenvalue weighted by molar-refractivity contribution is 0.560. The second kappa shape index (κ2) is 9.26. The normalized spacial score (nSPS) is 10.7. The Morgan fingerprint density at radius 1 is 0.575 bits per heavy atom. The van der Waals surface area contributed by atoms with Gasteiger partial charge in [-0.25, -0.2) is 9.97 Å². The first-order valence-corrected chi connectivity index (χ1v) is 12.2. The van der Waals surface area contributed by atoms with Crippen molar-refractivity contribution in [3.05, 3.63) is 82.9 Å². The summed E-state index contributed by atoms with van der Waals surface area (Å²) in [7, 11) is 0. The molecule has 0 aliphatic carbocycles. The topological polar surface area (TPSA) is 147 Å². The molecule has 0 fully saturated rings. The van der Waals surface area contributed by atoms with E-state index in [1.807, 2.05) is 98.8 Å². The smallest absolute Gasteiger partial charge is 0.249 e. The average molecular weight is 517 g/mol. The largest absolute Gasteiger partial charge is 0.434 e. The number of hydrogen-bond acceptors (Lipinski definition) is 8. The molecular weight excluding hydrogens is 500 g/mol. The molecule has 0 amide bonds. The van der Waals surface area contributed by atoms with Crippen molar-refractivity contribution in [2.75, 3.05) is 0 Å². The number of aromatic nitrogens is 2. The van der Waals surface area contributed by atoms with E-state index in [0.717, 1.165) is 33.0 Å². The second-order valence-electron chi connectivity index (χ2n) is 9.26.